The lowest BCUT2D eigenvalue weighted by Gasteiger charge is -2.36. The van der Waals surface area contributed by atoms with Gasteiger partial charge >= 0.3 is 5.97 Å². The maximum absolute atomic E-state index is 12.7. The number of nitrogens with zero attached hydrogens (tertiary/aromatic N) is 10. The highest BCUT2D eigenvalue weighted by molar-refractivity contribution is 6.34. The maximum Gasteiger partial charge on any atom is 0.310 e. The minimum atomic E-state index is -0.267. The van der Waals surface area contributed by atoms with Gasteiger partial charge in [0.2, 0.25) is 35.8 Å². The number of aliphatic imine (C=N–C) groups is 6. The lowest BCUT2D eigenvalue weighted by molar-refractivity contribution is -0.147. The van der Waals surface area contributed by atoms with Crippen molar-refractivity contribution in [2.75, 3.05) is 14.7 Å². The molecule has 1 atom stereocenters. The van der Waals surface area contributed by atoms with Crippen molar-refractivity contribution in [3.8, 4) is 0 Å². The quantitative estimate of drug-likeness (QED) is 0.128. The molecule has 12 heteroatoms. The van der Waals surface area contributed by atoms with Crippen LogP contribution in [0.2, 0.25) is 0 Å². The van der Waals surface area contributed by atoms with Crippen LogP contribution in [-0.2, 0) is 16.0 Å². The maximum atomic E-state index is 12.7. The van der Waals surface area contributed by atoms with E-state index in [0.717, 1.165) is 46.1 Å². The summed E-state index contributed by atoms with van der Waals surface area (Å²) in [5.41, 5.74) is 5.82. The number of para-hydroxylation sites is 5. The van der Waals surface area contributed by atoms with E-state index in [1.807, 2.05) is 204 Å². The monoisotopic (exact) mass is 788 g/mol. The highest BCUT2D eigenvalue weighted by Gasteiger charge is 2.39. The fourth-order valence-corrected chi connectivity index (χ4v) is 6.86. The number of hydrogen-bond acceptors (Lipinski definition) is 12. The van der Waals surface area contributed by atoms with Crippen molar-refractivity contribution in [3.63, 3.8) is 0 Å². The molecule has 12 nitrogen and oxygen atoms in total. The topological polar surface area (TPSA) is 113 Å². The zero-order valence-corrected chi connectivity index (χ0v) is 33.0. The van der Waals surface area contributed by atoms with Gasteiger partial charge in [-0.2, -0.15) is 30.0 Å². The second-order valence-corrected chi connectivity index (χ2v) is 14.0. The van der Waals surface area contributed by atoms with Crippen LogP contribution in [0.1, 0.15) is 25.8 Å². The van der Waals surface area contributed by atoms with Crippen LogP contribution in [-0.4, -0.2) is 52.7 Å². The number of esters is 1. The van der Waals surface area contributed by atoms with Crippen LogP contribution in [0.15, 0.2) is 206 Å². The molecule has 0 amide bonds. The first-order valence-electron chi connectivity index (χ1n) is 19.8. The molecule has 0 spiro atoms. The van der Waals surface area contributed by atoms with Crippen LogP contribution in [0.3, 0.4) is 0 Å². The van der Waals surface area contributed by atoms with Gasteiger partial charge in [0.05, 0.1) is 12.5 Å². The highest BCUT2D eigenvalue weighted by Crippen LogP contribution is 2.33. The summed E-state index contributed by atoms with van der Waals surface area (Å²) in [5.74, 6) is 1.64. The van der Waals surface area contributed by atoms with Gasteiger partial charge in [-0.05, 0) is 91.7 Å². The molecule has 3 heterocycles. The van der Waals surface area contributed by atoms with Crippen molar-refractivity contribution in [1.82, 2.24) is 4.90 Å². The van der Waals surface area contributed by atoms with Gasteiger partial charge < -0.3 is 4.74 Å². The average molecular weight is 789 g/mol. The van der Waals surface area contributed by atoms with Crippen molar-refractivity contribution in [3.05, 3.63) is 181 Å². The van der Waals surface area contributed by atoms with E-state index >= 15 is 0 Å². The van der Waals surface area contributed by atoms with Gasteiger partial charge in [-0.25, -0.2) is 4.90 Å². The Morgan fingerprint density at radius 3 is 1.07 bits per heavy atom. The van der Waals surface area contributed by atoms with Gasteiger partial charge in [-0.1, -0.05) is 110 Å². The molecule has 9 rings (SSSR count). The summed E-state index contributed by atoms with van der Waals surface area (Å²) in [6, 6.07) is 57.4. The van der Waals surface area contributed by atoms with E-state index in [0.29, 0.717) is 23.8 Å². The number of ether oxygens (including phenoxy) is 1. The fraction of sp³-hybridized carbons (Fsp3) is 0.104. The smallest absolute Gasteiger partial charge is 0.310 e. The van der Waals surface area contributed by atoms with Crippen LogP contribution in [0, 0.1) is 0 Å². The van der Waals surface area contributed by atoms with Gasteiger partial charge in [0, 0.05) is 34.1 Å². The molecule has 0 bridgehead atoms. The SMILES string of the molecule is CCC(C)OC(=O)Cc1ccc(N(C2=NC3=NC(N(c4ccccc4)c4ccccc4)=NC4=NC(N(c5ccccc5)c5ccccc5)=NC(=N2)N43)c2ccccc2)cc1. The third-order valence-corrected chi connectivity index (χ3v) is 9.92. The average Bonchev–Trinajstić information content (AvgIpc) is 3.29. The van der Waals surface area contributed by atoms with Gasteiger partial charge in [0.25, 0.3) is 0 Å². The second-order valence-electron chi connectivity index (χ2n) is 14.0. The molecular weight excluding hydrogens is 749 g/mol. The summed E-state index contributed by atoms with van der Waals surface area (Å²) in [4.78, 5) is 51.1. The highest BCUT2D eigenvalue weighted by atomic mass is 16.5. The molecule has 0 aliphatic carbocycles. The minimum Gasteiger partial charge on any atom is -0.462 e. The number of anilines is 6. The molecule has 0 N–H and O–H groups in total. The Labute approximate surface area is 348 Å². The lowest BCUT2D eigenvalue weighted by atomic mass is 10.1. The number of rotatable bonds is 10. The van der Waals surface area contributed by atoms with E-state index in [-0.39, 0.29) is 30.4 Å². The predicted octanol–water partition coefficient (Wildman–Crippen LogP) is 9.86. The van der Waals surface area contributed by atoms with Crippen LogP contribution >= 0.6 is 0 Å². The third kappa shape index (κ3) is 7.81. The van der Waals surface area contributed by atoms with Crippen LogP contribution in [0.4, 0.5) is 34.1 Å². The van der Waals surface area contributed by atoms with Crippen LogP contribution in [0.5, 0.6) is 0 Å². The lowest BCUT2D eigenvalue weighted by Crippen LogP contribution is -2.51. The van der Waals surface area contributed by atoms with Gasteiger partial charge in [-0.3, -0.25) is 19.5 Å². The third-order valence-electron chi connectivity index (χ3n) is 9.92. The Balaban J connectivity index is 1.22. The molecule has 6 aromatic rings. The molecule has 294 valence electrons. The summed E-state index contributed by atoms with van der Waals surface area (Å²) in [5, 5.41) is 0. The Hall–Kier alpha value is -7.99. The summed E-state index contributed by atoms with van der Waals surface area (Å²) in [6.45, 7) is 3.89. The van der Waals surface area contributed by atoms with Gasteiger partial charge in [0.1, 0.15) is 0 Å². The molecule has 0 radical (unpaired) electrons. The minimum absolute atomic E-state index is 0.143. The number of carbonyl (C=O) groups is 1. The molecular formula is C48H40N10O2. The standard InChI is InChI=1S/C48H40N10O2/c1-3-34(2)60-42(59)33-35-29-31-41(32-30-35)57(40-27-17-8-18-28-40)45-53-47-51-43(55(36-19-9-4-10-20-36)37-21-11-5-12-22-37)49-46-50-44(52-48(54-45)58(46)47)56(38-23-13-6-14-24-38)39-25-15-7-16-26-39/h4-32,34H,3,33H2,1-2H3. The van der Waals surface area contributed by atoms with Gasteiger partial charge in [0.15, 0.2) is 0 Å². The fourth-order valence-electron chi connectivity index (χ4n) is 6.86. The molecule has 0 fully saturated rings. The zero-order chi connectivity index (χ0) is 40.8. The van der Waals surface area contributed by atoms with E-state index < -0.39 is 0 Å². The number of carbonyl (C=O) groups excluding carboxylic acids is 1. The second kappa shape index (κ2) is 16.9. The summed E-state index contributed by atoms with van der Waals surface area (Å²) < 4.78 is 5.56. The van der Waals surface area contributed by atoms with E-state index in [9.17, 15) is 4.79 Å². The first kappa shape index (κ1) is 37.6. The molecule has 3 aliphatic rings. The predicted molar refractivity (Wildman–Crippen MR) is 241 cm³/mol. The largest absolute Gasteiger partial charge is 0.462 e. The first-order valence-corrected chi connectivity index (χ1v) is 19.8. The molecule has 0 aromatic heterocycles. The van der Waals surface area contributed by atoms with E-state index in [1.54, 1.807) is 4.90 Å². The van der Waals surface area contributed by atoms with Crippen LogP contribution in [0.25, 0.3) is 0 Å². The molecule has 1 unspecified atom stereocenters. The van der Waals surface area contributed by atoms with Crippen molar-refractivity contribution >= 4 is 75.9 Å². The first-order chi connectivity index (χ1) is 29.5. The van der Waals surface area contributed by atoms with E-state index in [1.165, 1.54) is 0 Å². The van der Waals surface area contributed by atoms with Gasteiger partial charge in [-0.15, -0.1) is 0 Å². The Morgan fingerprint density at radius 2 is 0.767 bits per heavy atom. The summed E-state index contributed by atoms with van der Waals surface area (Å²) >= 11 is 0. The molecule has 60 heavy (non-hydrogen) atoms. The molecule has 6 aromatic carbocycles. The normalized spacial score (nSPS) is 14.5. The Kier molecular flexibility index (Phi) is 10.6. The van der Waals surface area contributed by atoms with E-state index in [2.05, 4.69) is 0 Å². The molecule has 0 saturated heterocycles. The Bertz CT molecular complexity index is 2500. The zero-order valence-electron chi connectivity index (χ0n) is 33.0. The van der Waals surface area contributed by atoms with Crippen LogP contribution < -0.4 is 14.7 Å². The van der Waals surface area contributed by atoms with Crippen molar-refractivity contribution in [2.45, 2.75) is 32.8 Å². The van der Waals surface area contributed by atoms with Crippen molar-refractivity contribution in [2.24, 2.45) is 30.0 Å². The van der Waals surface area contributed by atoms with Crippen molar-refractivity contribution in [1.29, 1.82) is 0 Å². The molecule has 3 aliphatic heterocycles. The Morgan fingerprint density at radius 1 is 0.467 bits per heavy atom. The van der Waals surface area contributed by atoms with Crippen molar-refractivity contribution < 1.29 is 9.53 Å². The summed E-state index contributed by atoms with van der Waals surface area (Å²) in [7, 11) is 0. The summed E-state index contributed by atoms with van der Waals surface area (Å²) in [6.07, 6.45) is 0.768. The van der Waals surface area contributed by atoms with E-state index in [4.69, 9.17) is 34.7 Å². The number of hydrogen-bond donors (Lipinski definition) is 0. The molecule has 0 saturated carbocycles. The number of guanidine groups is 6. The number of benzene rings is 6.